The Kier molecular flexibility index (Phi) is 5.45. The molecule has 2 rings (SSSR count). The number of hydrogen-bond donors (Lipinski definition) is 1. The average Bonchev–Trinajstić information content (AvgIpc) is 2.76. The summed E-state index contributed by atoms with van der Waals surface area (Å²) in [5.41, 5.74) is 1.66. The van der Waals surface area contributed by atoms with Crippen LogP contribution in [0.25, 0.3) is 0 Å². The topological polar surface area (TPSA) is 24.9 Å². The molecule has 1 heterocycles. The monoisotopic (exact) mass is 294 g/mol. The molecule has 1 aliphatic rings. The molecule has 2 nitrogen and oxygen atoms in total. The second kappa shape index (κ2) is 6.91. The lowest BCUT2D eigenvalue weighted by Crippen LogP contribution is -2.42. The Hall–Kier alpha value is -0.600. The van der Waals surface area contributed by atoms with Gasteiger partial charge >= 0.3 is 0 Å². The number of aromatic nitrogens is 1. The first-order valence-electron chi connectivity index (χ1n) is 7.86. The number of nitrogens with one attached hydrogen (secondary N) is 1. The van der Waals surface area contributed by atoms with Gasteiger partial charge < -0.3 is 5.32 Å². The van der Waals surface area contributed by atoms with Crippen LogP contribution in [-0.2, 0) is 6.42 Å². The molecule has 2 atom stereocenters. The van der Waals surface area contributed by atoms with Crippen molar-refractivity contribution in [3.8, 4) is 0 Å². The van der Waals surface area contributed by atoms with Gasteiger partial charge in [0.1, 0.15) is 0 Å². The molecule has 0 aromatic carbocycles. The van der Waals surface area contributed by atoms with Crippen molar-refractivity contribution in [3.05, 3.63) is 29.0 Å². The van der Waals surface area contributed by atoms with Crippen molar-refractivity contribution in [1.82, 2.24) is 10.3 Å². The molecule has 0 amide bonds. The molecular formula is C17H27ClN2. The SMILES string of the molecule is CCCNC(Cc1ccncc1Cl)C1CCCC1(C)C. The van der Waals surface area contributed by atoms with Gasteiger partial charge in [0.25, 0.3) is 0 Å². The summed E-state index contributed by atoms with van der Waals surface area (Å²) < 4.78 is 0. The van der Waals surface area contributed by atoms with Gasteiger partial charge in [0.15, 0.2) is 0 Å². The summed E-state index contributed by atoms with van der Waals surface area (Å²) in [6, 6.07) is 2.58. The van der Waals surface area contributed by atoms with E-state index in [0.717, 1.165) is 23.9 Å². The highest BCUT2D eigenvalue weighted by atomic mass is 35.5. The van der Waals surface area contributed by atoms with E-state index in [1.807, 2.05) is 6.20 Å². The number of halogens is 1. The number of pyridine rings is 1. The summed E-state index contributed by atoms with van der Waals surface area (Å²) >= 11 is 6.29. The van der Waals surface area contributed by atoms with Crippen LogP contribution in [0.15, 0.2) is 18.5 Å². The minimum Gasteiger partial charge on any atom is -0.313 e. The minimum absolute atomic E-state index is 0.435. The van der Waals surface area contributed by atoms with Crippen LogP contribution in [-0.4, -0.2) is 17.6 Å². The Bertz CT molecular complexity index is 431. The lowest BCUT2D eigenvalue weighted by molar-refractivity contribution is 0.195. The summed E-state index contributed by atoms with van der Waals surface area (Å²) in [7, 11) is 0. The summed E-state index contributed by atoms with van der Waals surface area (Å²) in [5, 5.41) is 4.56. The van der Waals surface area contributed by atoms with E-state index in [0.29, 0.717) is 11.5 Å². The molecule has 20 heavy (non-hydrogen) atoms. The van der Waals surface area contributed by atoms with E-state index in [9.17, 15) is 0 Å². The summed E-state index contributed by atoms with van der Waals surface area (Å²) in [6.07, 6.45) is 9.81. The van der Waals surface area contributed by atoms with Gasteiger partial charge in [0.2, 0.25) is 0 Å². The third-order valence-corrected chi connectivity index (χ3v) is 5.12. The quantitative estimate of drug-likeness (QED) is 0.837. The first-order chi connectivity index (χ1) is 9.54. The predicted molar refractivity (Wildman–Crippen MR) is 86.2 cm³/mol. The second-order valence-corrected chi connectivity index (χ2v) is 7.13. The van der Waals surface area contributed by atoms with E-state index in [1.165, 1.54) is 31.2 Å². The van der Waals surface area contributed by atoms with Crippen LogP contribution in [0, 0.1) is 11.3 Å². The summed E-state index contributed by atoms with van der Waals surface area (Å²) in [4.78, 5) is 4.09. The molecule has 0 saturated heterocycles. The van der Waals surface area contributed by atoms with Gasteiger partial charge in [0, 0.05) is 18.4 Å². The van der Waals surface area contributed by atoms with Crippen molar-refractivity contribution in [1.29, 1.82) is 0 Å². The highest BCUT2D eigenvalue weighted by molar-refractivity contribution is 6.31. The highest BCUT2D eigenvalue weighted by Crippen LogP contribution is 2.45. The smallest absolute Gasteiger partial charge is 0.0621 e. The van der Waals surface area contributed by atoms with Crippen LogP contribution < -0.4 is 5.32 Å². The van der Waals surface area contributed by atoms with Crippen molar-refractivity contribution < 1.29 is 0 Å². The van der Waals surface area contributed by atoms with Gasteiger partial charge in [-0.05, 0) is 55.2 Å². The molecule has 112 valence electrons. The molecule has 2 unspecified atom stereocenters. The van der Waals surface area contributed by atoms with Gasteiger partial charge in [-0.2, -0.15) is 0 Å². The molecule has 0 aliphatic heterocycles. The number of nitrogens with zero attached hydrogens (tertiary/aromatic N) is 1. The fraction of sp³-hybridized carbons (Fsp3) is 0.706. The Morgan fingerprint density at radius 2 is 2.30 bits per heavy atom. The van der Waals surface area contributed by atoms with Crippen molar-refractivity contribution in [3.63, 3.8) is 0 Å². The molecule has 1 saturated carbocycles. The fourth-order valence-electron chi connectivity index (χ4n) is 3.59. The van der Waals surface area contributed by atoms with Crippen LogP contribution in [0.2, 0.25) is 5.02 Å². The van der Waals surface area contributed by atoms with Crippen LogP contribution in [0.4, 0.5) is 0 Å². The van der Waals surface area contributed by atoms with E-state index >= 15 is 0 Å². The standard InChI is InChI=1S/C17H27ClN2/c1-4-9-20-16(14-6-5-8-17(14,2)3)11-13-7-10-19-12-15(13)18/h7,10,12,14,16,20H,4-6,8-9,11H2,1-3H3. The zero-order valence-corrected chi connectivity index (χ0v) is 13.7. The first kappa shape index (κ1) is 15.8. The summed E-state index contributed by atoms with van der Waals surface area (Å²) in [5.74, 6) is 0.735. The van der Waals surface area contributed by atoms with Crippen LogP contribution in [0.3, 0.4) is 0 Å². The molecule has 0 radical (unpaired) electrons. The minimum atomic E-state index is 0.435. The Morgan fingerprint density at radius 1 is 1.50 bits per heavy atom. The Morgan fingerprint density at radius 3 is 2.90 bits per heavy atom. The molecule has 1 aromatic rings. The molecule has 1 N–H and O–H groups in total. The van der Waals surface area contributed by atoms with E-state index in [-0.39, 0.29) is 0 Å². The van der Waals surface area contributed by atoms with E-state index in [1.54, 1.807) is 6.20 Å². The molecule has 1 fully saturated rings. The van der Waals surface area contributed by atoms with Crippen LogP contribution in [0.1, 0.15) is 52.0 Å². The van der Waals surface area contributed by atoms with Gasteiger partial charge in [-0.3, -0.25) is 4.98 Å². The molecule has 3 heteroatoms. The second-order valence-electron chi connectivity index (χ2n) is 6.72. The maximum Gasteiger partial charge on any atom is 0.0621 e. The van der Waals surface area contributed by atoms with Crippen molar-refractivity contribution in [2.24, 2.45) is 11.3 Å². The molecular weight excluding hydrogens is 268 g/mol. The number of hydrogen-bond acceptors (Lipinski definition) is 2. The lowest BCUT2D eigenvalue weighted by Gasteiger charge is -2.35. The van der Waals surface area contributed by atoms with Crippen LogP contribution in [0.5, 0.6) is 0 Å². The van der Waals surface area contributed by atoms with Gasteiger partial charge in [-0.25, -0.2) is 0 Å². The number of rotatable bonds is 6. The van der Waals surface area contributed by atoms with E-state index in [4.69, 9.17) is 11.6 Å². The van der Waals surface area contributed by atoms with E-state index < -0.39 is 0 Å². The van der Waals surface area contributed by atoms with Crippen LogP contribution >= 0.6 is 11.6 Å². The molecule has 1 aliphatic carbocycles. The average molecular weight is 295 g/mol. The fourth-order valence-corrected chi connectivity index (χ4v) is 3.79. The third-order valence-electron chi connectivity index (χ3n) is 4.78. The maximum absolute atomic E-state index is 6.29. The van der Waals surface area contributed by atoms with Crippen molar-refractivity contribution in [2.75, 3.05) is 6.54 Å². The largest absolute Gasteiger partial charge is 0.313 e. The maximum atomic E-state index is 6.29. The third kappa shape index (κ3) is 3.73. The summed E-state index contributed by atoms with van der Waals surface area (Å²) in [6.45, 7) is 8.14. The van der Waals surface area contributed by atoms with Gasteiger partial charge in [-0.1, -0.05) is 38.8 Å². The zero-order valence-electron chi connectivity index (χ0n) is 13.0. The Labute approximate surface area is 128 Å². The highest BCUT2D eigenvalue weighted by Gasteiger charge is 2.39. The first-order valence-corrected chi connectivity index (χ1v) is 8.24. The van der Waals surface area contributed by atoms with Crippen molar-refractivity contribution >= 4 is 11.6 Å². The predicted octanol–water partition coefficient (Wildman–Crippen LogP) is 4.47. The normalized spacial score (nSPS) is 22.9. The lowest BCUT2D eigenvalue weighted by atomic mass is 9.76. The molecule has 0 bridgehead atoms. The molecule has 1 aromatic heterocycles. The zero-order chi connectivity index (χ0) is 14.6. The molecule has 0 spiro atoms. The van der Waals surface area contributed by atoms with Gasteiger partial charge in [-0.15, -0.1) is 0 Å². The van der Waals surface area contributed by atoms with E-state index in [2.05, 4.69) is 37.1 Å². The van der Waals surface area contributed by atoms with Crippen molar-refractivity contribution in [2.45, 2.75) is 58.9 Å². The Balaban J connectivity index is 2.13. The van der Waals surface area contributed by atoms with Gasteiger partial charge in [0.05, 0.1) is 5.02 Å².